The summed E-state index contributed by atoms with van der Waals surface area (Å²) in [5.74, 6) is 0. The molecule has 1 aromatic rings. The van der Waals surface area contributed by atoms with E-state index in [0.717, 1.165) is 16.6 Å². The molecule has 1 heterocycles. The van der Waals surface area contributed by atoms with Gasteiger partial charge in [-0.2, -0.15) is 0 Å². The first kappa shape index (κ1) is 12.8. The smallest absolute Gasteiger partial charge is 0.110 e. The first-order valence-electron chi connectivity index (χ1n) is 3.81. The van der Waals surface area contributed by atoms with Crippen LogP contribution in [-0.4, -0.2) is 11.5 Å². The maximum Gasteiger partial charge on any atom is 0.110 e. The fourth-order valence-electron chi connectivity index (χ4n) is 1.01. The number of pyridine rings is 1. The van der Waals surface area contributed by atoms with Crippen LogP contribution in [0.25, 0.3) is 0 Å². The zero-order chi connectivity index (χ0) is 8.97. The highest BCUT2D eigenvalue weighted by Crippen LogP contribution is 2.20. The number of nitrogens with two attached hydrogens (primary N) is 2. The highest BCUT2D eigenvalue weighted by molar-refractivity contribution is 9.10. The van der Waals surface area contributed by atoms with E-state index >= 15 is 0 Å². The third-order valence-electron chi connectivity index (χ3n) is 1.67. The van der Waals surface area contributed by atoms with Gasteiger partial charge in [-0.1, -0.05) is 6.07 Å². The lowest BCUT2D eigenvalue weighted by atomic mass is 10.1. The Labute approximate surface area is 92.4 Å². The van der Waals surface area contributed by atoms with Gasteiger partial charge >= 0.3 is 0 Å². The summed E-state index contributed by atoms with van der Waals surface area (Å²) < 4.78 is 0.811. The second kappa shape index (κ2) is 6.32. The van der Waals surface area contributed by atoms with E-state index in [-0.39, 0.29) is 18.4 Å². The van der Waals surface area contributed by atoms with E-state index in [4.69, 9.17) is 11.5 Å². The predicted molar refractivity (Wildman–Crippen MR) is 59.8 cm³/mol. The SMILES string of the molecule is Cl.NCC[C@@H](N)c1cccnc1Br. The van der Waals surface area contributed by atoms with E-state index in [1.165, 1.54) is 0 Å². The van der Waals surface area contributed by atoms with Crippen LogP contribution >= 0.6 is 28.3 Å². The van der Waals surface area contributed by atoms with E-state index in [1.54, 1.807) is 6.20 Å². The van der Waals surface area contributed by atoms with E-state index < -0.39 is 0 Å². The van der Waals surface area contributed by atoms with Crippen molar-refractivity contribution in [1.82, 2.24) is 4.98 Å². The Balaban J connectivity index is 0.00000144. The van der Waals surface area contributed by atoms with Crippen LogP contribution < -0.4 is 11.5 Å². The van der Waals surface area contributed by atoms with Crippen LogP contribution in [0.1, 0.15) is 18.0 Å². The molecule has 3 nitrogen and oxygen atoms in total. The Morgan fingerprint density at radius 2 is 2.23 bits per heavy atom. The molecule has 0 fully saturated rings. The van der Waals surface area contributed by atoms with Gasteiger partial charge in [0.15, 0.2) is 0 Å². The molecule has 0 spiro atoms. The van der Waals surface area contributed by atoms with Crippen molar-refractivity contribution < 1.29 is 0 Å². The molecule has 0 aromatic carbocycles. The van der Waals surface area contributed by atoms with Gasteiger partial charge in [-0.25, -0.2) is 4.98 Å². The summed E-state index contributed by atoms with van der Waals surface area (Å²) in [6.07, 6.45) is 2.51. The molecule has 0 bridgehead atoms. The van der Waals surface area contributed by atoms with Crippen molar-refractivity contribution in [3.63, 3.8) is 0 Å². The van der Waals surface area contributed by atoms with Gasteiger partial charge in [-0.05, 0) is 35.0 Å². The minimum atomic E-state index is -0.0157. The second-order valence-electron chi connectivity index (χ2n) is 2.57. The molecule has 1 rings (SSSR count). The van der Waals surface area contributed by atoms with Gasteiger partial charge in [0.2, 0.25) is 0 Å². The van der Waals surface area contributed by atoms with Crippen molar-refractivity contribution in [1.29, 1.82) is 0 Å². The average molecular weight is 267 g/mol. The molecule has 5 heteroatoms. The number of halogens is 2. The summed E-state index contributed by atoms with van der Waals surface area (Å²) in [4.78, 5) is 4.08. The highest BCUT2D eigenvalue weighted by atomic mass is 79.9. The number of aromatic nitrogens is 1. The molecule has 4 N–H and O–H groups in total. The summed E-state index contributed by atoms with van der Waals surface area (Å²) >= 11 is 3.33. The summed E-state index contributed by atoms with van der Waals surface area (Å²) in [5, 5.41) is 0. The average Bonchev–Trinajstić information content (AvgIpc) is 2.05. The van der Waals surface area contributed by atoms with Crippen LogP contribution in [0.3, 0.4) is 0 Å². The number of rotatable bonds is 3. The number of nitrogens with zero attached hydrogens (tertiary/aromatic N) is 1. The lowest BCUT2D eigenvalue weighted by molar-refractivity contribution is 0.655. The minimum absolute atomic E-state index is 0. The number of hydrogen-bond acceptors (Lipinski definition) is 3. The van der Waals surface area contributed by atoms with Crippen LogP contribution in [0.2, 0.25) is 0 Å². The summed E-state index contributed by atoms with van der Waals surface area (Å²) in [5.41, 5.74) is 12.3. The molecule has 1 atom stereocenters. The van der Waals surface area contributed by atoms with E-state index in [2.05, 4.69) is 20.9 Å². The van der Waals surface area contributed by atoms with Crippen LogP contribution in [0.5, 0.6) is 0 Å². The quantitative estimate of drug-likeness (QED) is 0.817. The van der Waals surface area contributed by atoms with Crippen LogP contribution in [-0.2, 0) is 0 Å². The van der Waals surface area contributed by atoms with Crippen molar-refractivity contribution in [3.05, 3.63) is 28.5 Å². The summed E-state index contributed by atoms with van der Waals surface area (Å²) in [6.45, 7) is 0.600. The van der Waals surface area contributed by atoms with Crippen molar-refractivity contribution in [3.8, 4) is 0 Å². The van der Waals surface area contributed by atoms with Crippen LogP contribution in [0.15, 0.2) is 22.9 Å². The van der Waals surface area contributed by atoms with E-state index in [0.29, 0.717) is 6.54 Å². The van der Waals surface area contributed by atoms with Gasteiger partial charge in [0.05, 0.1) is 0 Å². The molecule has 1 aromatic heterocycles. The molecule has 0 saturated carbocycles. The lowest BCUT2D eigenvalue weighted by Crippen LogP contribution is -2.15. The predicted octanol–water partition coefficient (Wildman–Crippen LogP) is 1.61. The van der Waals surface area contributed by atoms with Crippen molar-refractivity contribution in [2.75, 3.05) is 6.54 Å². The Morgan fingerprint density at radius 1 is 1.54 bits per heavy atom. The van der Waals surface area contributed by atoms with Crippen LogP contribution in [0, 0.1) is 0 Å². The minimum Gasteiger partial charge on any atom is -0.330 e. The van der Waals surface area contributed by atoms with Gasteiger partial charge in [0.1, 0.15) is 4.60 Å². The van der Waals surface area contributed by atoms with Gasteiger partial charge < -0.3 is 11.5 Å². The third-order valence-corrected chi connectivity index (χ3v) is 2.33. The topological polar surface area (TPSA) is 64.9 Å². The molecule has 0 aliphatic rings. The fourth-order valence-corrected chi connectivity index (χ4v) is 1.55. The zero-order valence-electron chi connectivity index (χ0n) is 7.11. The van der Waals surface area contributed by atoms with Gasteiger partial charge in [0, 0.05) is 17.8 Å². The Hall–Kier alpha value is -0.160. The number of hydrogen-bond donors (Lipinski definition) is 2. The largest absolute Gasteiger partial charge is 0.330 e. The first-order chi connectivity index (χ1) is 5.75. The third kappa shape index (κ3) is 3.60. The van der Waals surface area contributed by atoms with Gasteiger partial charge in [-0.3, -0.25) is 0 Å². The van der Waals surface area contributed by atoms with Crippen LogP contribution in [0.4, 0.5) is 0 Å². The molecule has 13 heavy (non-hydrogen) atoms. The lowest BCUT2D eigenvalue weighted by Gasteiger charge is -2.10. The van der Waals surface area contributed by atoms with Crippen molar-refractivity contribution in [2.45, 2.75) is 12.5 Å². The molecule has 0 aliphatic heterocycles. The molecule has 0 amide bonds. The molecule has 0 unspecified atom stereocenters. The molecular formula is C8H13BrClN3. The first-order valence-corrected chi connectivity index (χ1v) is 4.61. The molecular weight excluding hydrogens is 253 g/mol. The van der Waals surface area contributed by atoms with Crippen molar-refractivity contribution in [2.24, 2.45) is 11.5 Å². The highest BCUT2D eigenvalue weighted by Gasteiger charge is 2.08. The molecule has 74 valence electrons. The Bertz CT molecular complexity index is 257. The summed E-state index contributed by atoms with van der Waals surface area (Å²) in [7, 11) is 0. The van der Waals surface area contributed by atoms with Gasteiger partial charge in [-0.15, -0.1) is 12.4 Å². The Kier molecular flexibility index (Phi) is 6.24. The monoisotopic (exact) mass is 265 g/mol. The fraction of sp³-hybridized carbons (Fsp3) is 0.375. The Morgan fingerprint density at radius 3 is 2.77 bits per heavy atom. The standard InChI is InChI=1S/C8H12BrN3.ClH/c9-8-6(2-1-5-12-8)7(11)3-4-10;/h1-2,5,7H,3-4,10-11H2;1H/t7-;/m1./s1. The normalized spacial score (nSPS) is 11.9. The molecule has 0 saturated heterocycles. The molecule has 0 radical (unpaired) electrons. The molecule has 0 aliphatic carbocycles. The zero-order valence-corrected chi connectivity index (χ0v) is 9.51. The maximum atomic E-state index is 5.86. The van der Waals surface area contributed by atoms with Crippen molar-refractivity contribution >= 4 is 28.3 Å². The van der Waals surface area contributed by atoms with Gasteiger partial charge in [0.25, 0.3) is 0 Å². The van der Waals surface area contributed by atoms with E-state index in [1.807, 2.05) is 12.1 Å². The summed E-state index contributed by atoms with van der Waals surface area (Å²) in [6, 6.07) is 3.81. The van der Waals surface area contributed by atoms with E-state index in [9.17, 15) is 0 Å². The maximum absolute atomic E-state index is 5.86. The second-order valence-corrected chi connectivity index (χ2v) is 3.32.